The van der Waals surface area contributed by atoms with E-state index < -0.39 is 5.97 Å². The molecular weight excluding hydrogens is 1770 g/mol. The number of anilines is 4. The van der Waals surface area contributed by atoms with Gasteiger partial charge in [0.25, 0.3) is 5.91 Å². The van der Waals surface area contributed by atoms with E-state index in [1.165, 1.54) is 50.5 Å². The number of amides is 1. The molecule has 17 rings (SSSR count). The zero-order chi connectivity index (χ0) is 98.8. The minimum atomic E-state index is -1.10. The maximum absolute atomic E-state index is 12.8. The molecule has 1 amide bonds. The summed E-state index contributed by atoms with van der Waals surface area (Å²) < 4.78 is 4.77. The highest BCUT2D eigenvalue weighted by molar-refractivity contribution is 5.93. The minimum Gasteiger partial charge on any atom is -0.477 e. The number of nitrogens with two attached hydrogens (primary N) is 4. The summed E-state index contributed by atoms with van der Waals surface area (Å²) in [6.45, 7) is 10.4. The molecule has 694 valence electrons. The van der Waals surface area contributed by atoms with Gasteiger partial charge in [-0.2, -0.15) is 40.2 Å². The first-order chi connectivity index (χ1) is 66.8. The number of nitrogens with one attached hydrogen (secondary N) is 1. The van der Waals surface area contributed by atoms with Gasteiger partial charge in [-0.3, -0.25) is 14.4 Å². The van der Waals surface area contributed by atoms with Crippen LogP contribution in [0.1, 0.15) is 153 Å². The van der Waals surface area contributed by atoms with Crippen LogP contribution in [-0.2, 0) is 45.4 Å². The Morgan fingerprint density at radius 2 is 0.755 bits per heavy atom. The number of pyridine rings is 4. The Bertz CT molecular complexity index is 7000. The number of terminal acetylenes is 1. The van der Waals surface area contributed by atoms with E-state index in [-0.39, 0.29) is 79.8 Å². The van der Waals surface area contributed by atoms with Crippen LogP contribution in [0.5, 0.6) is 0 Å². The number of likely N-dealkylation sites (tertiary alicyclic amines) is 1. The lowest BCUT2D eigenvalue weighted by atomic mass is 10.0. The van der Waals surface area contributed by atoms with Crippen LogP contribution in [0.25, 0.3) is 89.6 Å². The van der Waals surface area contributed by atoms with Gasteiger partial charge in [0.2, 0.25) is 23.8 Å². The lowest BCUT2D eigenvalue weighted by Gasteiger charge is -2.26. The molecule has 0 bridgehead atoms. The third-order valence-corrected chi connectivity index (χ3v) is 19.6. The van der Waals surface area contributed by atoms with E-state index in [9.17, 15) is 24.4 Å². The Kier molecular flexibility index (Phi) is 38.8. The van der Waals surface area contributed by atoms with Crippen molar-refractivity contribution in [2.75, 3.05) is 49.1 Å². The maximum Gasteiger partial charge on any atom is 0.373 e. The number of carbonyl (C=O) groups is 4. The zero-order valence-electron chi connectivity index (χ0n) is 74.0. The first-order valence-corrected chi connectivity index (χ1v) is 41.7. The highest BCUT2D eigenvalue weighted by atomic mass is 16.4. The highest BCUT2D eigenvalue weighted by Crippen LogP contribution is 2.29. The van der Waals surface area contributed by atoms with E-state index in [0.29, 0.717) is 138 Å². The number of rotatable bonds is 19. The molecule has 13 heterocycles. The van der Waals surface area contributed by atoms with Crippen molar-refractivity contribution in [1.29, 1.82) is 21.0 Å². The summed E-state index contributed by atoms with van der Waals surface area (Å²) in [4.78, 5) is 134. The van der Waals surface area contributed by atoms with Gasteiger partial charge >= 0.3 is 18.3 Å². The molecule has 11 aromatic heterocycles. The second-order valence-corrected chi connectivity index (χ2v) is 29.6. The van der Waals surface area contributed by atoms with Crippen molar-refractivity contribution in [2.24, 2.45) is 11.0 Å². The molecule has 139 heavy (non-hydrogen) atoms. The minimum absolute atomic E-state index is 0. The van der Waals surface area contributed by atoms with E-state index in [1.54, 1.807) is 174 Å². The Morgan fingerprint density at radius 1 is 0.439 bits per heavy atom. The number of nitrogens with zero attached hydrogens (tertiary/aromatic N) is 29. The fraction of sp³-hybridized carbons (Fsp3) is 0.188. The molecule has 0 spiro atoms. The van der Waals surface area contributed by atoms with Gasteiger partial charge in [-0.15, -0.1) is 21.7 Å². The van der Waals surface area contributed by atoms with E-state index in [0.717, 1.165) is 60.5 Å². The normalized spacial score (nSPS) is 11.3. The van der Waals surface area contributed by atoms with Gasteiger partial charge in [0.15, 0.2) is 11.6 Å². The predicted octanol–water partition coefficient (Wildman–Crippen LogP) is 11.6. The lowest BCUT2D eigenvalue weighted by Crippen LogP contribution is -2.36. The number of aromatic carboxylic acids is 1. The second kappa shape index (κ2) is 52.3. The van der Waals surface area contributed by atoms with Crippen LogP contribution in [0.4, 0.5) is 23.8 Å². The number of aromatic nitrogens is 21. The van der Waals surface area contributed by atoms with E-state index >= 15 is 0 Å². The Hall–Kier alpha value is -19.7. The Labute approximate surface area is 794 Å². The molecule has 0 saturated carbocycles. The van der Waals surface area contributed by atoms with Crippen molar-refractivity contribution < 1.29 is 43.5 Å². The average Bonchev–Trinajstić information content (AvgIpc) is 1.79. The van der Waals surface area contributed by atoms with Crippen molar-refractivity contribution in [2.45, 2.75) is 86.5 Å². The fourth-order valence-corrected chi connectivity index (χ4v) is 13.1. The molecule has 0 aliphatic carbocycles. The Morgan fingerprint density at radius 3 is 1.09 bits per heavy atom. The quantitative estimate of drug-likeness (QED) is 0.0144. The molecule has 2 saturated heterocycles. The van der Waals surface area contributed by atoms with Gasteiger partial charge in [-0.05, 0) is 178 Å². The largest absolute Gasteiger partial charge is 0.477 e. The number of carboxylic acids is 1. The molecule has 0 radical (unpaired) electrons. The summed E-state index contributed by atoms with van der Waals surface area (Å²) in [7, 11) is 0. The summed E-state index contributed by atoms with van der Waals surface area (Å²) in [6.07, 6.45) is 16.9. The highest BCUT2D eigenvalue weighted by Gasteiger charge is 2.22. The molecule has 43 nitrogen and oxygen atoms in total. The van der Waals surface area contributed by atoms with E-state index in [4.69, 9.17) is 75.0 Å². The van der Waals surface area contributed by atoms with Crippen molar-refractivity contribution in [3.63, 3.8) is 0 Å². The number of carbonyl (C=O) groups excluding carboxylic acids is 7. The van der Waals surface area contributed by atoms with Gasteiger partial charge in [0.1, 0.15) is 45.6 Å². The van der Waals surface area contributed by atoms with E-state index in [1.807, 2.05) is 47.4 Å². The number of ketones is 2. The first-order valence-electron chi connectivity index (χ1n) is 41.7. The van der Waals surface area contributed by atoms with Crippen LogP contribution in [-0.4, -0.2) is 177 Å². The van der Waals surface area contributed by atoms with Crippen molar-refractivity contribution >= 4 is 59.5 Å². The molecule has 43 heteroatoms. The van der Waals surface area contributed by atoms with E-state index in [2.05, 4.69) is 143 Å². The van der Waals surface area contributed by atoms with Crippen LogP contribution in [0.3, 0.4) is 0 Å². The predicted molar refractivity (Wildman–Crippen MR) is 503 cm³/mol. The second-order valence-electron chi connectivity index (χ2n) is 29.6. The van der Waals surface area contributed by atoms with Crippen LogP contribution in [0.2, 0.25) is 0 Å². The number of Topliss-reactive ketones (excluding diaryl/α,β-unsaturated/α-hetero) is 2. The zero-order valence-corrected chi connectivity index (χ0v) is 74.0. The van der Waals surface area contributed by atoms with Crippen LogP contribution < -0.4 is 28.3 Å². The molecule has 4 aromatic carbocycles. The molecular formula is C96H86N34O9. The number of nitrogen functional groups attached to an aromatic ring is 4. The summed E-state index contributed by atoms with van der Waals surface area (Å²) >= 11 is 0. The summed E-state index contributed by atoms with van der Waals surface area (Å²) in [5, 5.41) is 76.9. The summed E-state index contributed by atoms with van der Waals surface area (Å²) in [6, 6.07) is 64.0. The standard InChI is InChI=1S/C25H23N9O.C21H16N8O.C20H14N8O2.C13H8N4.C8H8N4O.C6H13N.2CO2.CH4/c26-14-17-6-4-7-18(12-17)21-13-22(30-25(27)29-21)23-16-34(32-31-23)15-19-8-5-9-20(28-19)24(35)33-10-2-1-3-11-33;1-13(30)17-7-3-6-16(24-17)11-29-12-20(27-28-29)19-9-18(25-21(23)26-19)15-5-2-4-14(8-15)10-22;21-9-12-3-1-4-13(7-12)16-8-17(25-20(22)24-16)18-11-28(27-26-18)10-14-5-2-6-15(23-14)19(29)30;1-2-11-7-12(17-13(15)16-11)10-5-3-4-9(6-10)8-14;1-6(13)8-4-2-3-7(11-8)5-10-12-9;1-6-2-4-7-5-3-6;2*2-1-3;/h4-9,12-13,16H,1-3,10-11,15H2,(H2,27,29,30);2-9,12H,11H2,1H3,(H2,23,25,26);1-8,11H,10H2,(H,29,30)(H2,22,24,25);1,3-7H,(H2,15,16,17);2-4H,5H2,1H3;6-7H,2-5H2,1H3;;;1H4. The Balaban J connectivity index is 0.000000193. The molecule has 15 aromatic rings. The van der Waals surface area contributed by atoms with Crippen LogP contribution in [0, 0.1) is 63.6 Å². The number of carboxylic acid groups (broad SMARTS) is 1. The summed E-state index contributed by atoms with van der Waals surface area (Å²) in [5.74, 6) is 2.44. The average molecular weight is 1860 g/mol. The number of piperidine rings is 2. The molecule has 2 aliphatic rings. The van der Waals surface area contributed by atoms with Crippen molar-refractivity contribution in [3.8, 4) is 116 Å². The smallest absolute Gasteiger partial charge is 0.373 e. The first kappa shape index (κ1) is 103. The van der Waals surface area contributed by atoms with Crippen molar-refractivity contribution in [1.82, 2.24) is 115 Å². The SMILES string of the molecule is C.C#Cc1cc(-c2cccc(C#N)c2)nc(N)n1.CC(=O)c1cccc(CN=[N+]=[N-])n1.CC(=O)c1cccc(Cn2cc(-c3cc(-c4cccc(C#N)c4)nc(N)n3)nn2)n1.CC1CCNCC1.N#Cc1cccc(-c2cc(-c3cn(Cc4cccc(C(=O)N5CCCCC5)n4)nn3)nc(N)n2)c1.N#Cc1cccc(-c2cc(-c3cn(Cc4cccc(C(=O)O)n4)nn3)nc(N)n2)c1.O=C=O.O=C=O. The topological polar surface area (TPSA) is 667 Å². The molecule has 10 N–H and O–H groups in total. The van der Waals surface area contributed by atoms with Crippen LogP contribution >= 0.6 is 0 Å². The number of hydrogen-bond donors (Lipinski definition) is 6. The lowest BCUT2D eigenvalue weighted by molar-refractivity contribution is -0.193. The van der Waals surface area contributed by atoms with Gasteiger partial charge in [-0.1, -0.05) is 114 Å². The molecule has 0 atom stereocenters. The number of azide groups is 1. The number of benzene rings is 4. The third-order valence-electron chi connectivity index (χ3n) is 19.6. The van der Waals surface area contributed by atoms with Gasteiger partial charge in [0, 0.05) is 59.8 Å². The number of hydrogen-bond acceptors (Lipinski definition) is 36. The van der Waals surface area contributed by atoms with Crippen LogP contribution in [0.15, 0.2) is 218 Å². The van der Waals surface area contributed by atoms with Gasteiger partial charge in [0.05, 0.1) is 148 Å². The monoisotopic (exact) mass is 1860 g/mol. The maximum atomic E-state index is 12.8. The van der Waals surface area contributed by atoms with Crippen molar-refractivity contribution in [3.05, 3.63) is 297 Å². The molecule has 2 fully saturated rings. The van der Waals surface area contributed by atoms with Gasteiger partial charge in [-0.25, -0.2) is 78.6 Å². The molecule has 2 aliphatic heterocycles. The third kappa shape index (κ3) is 31.5. The fourth-order valence-electron chi connectivity index (χ4n) is 13.1. The van der Waals surface area contributed by atoms with Gasteiger partial charge < -0.3 is 38.3 Å². The number of nitriles is 4. The molecule has 0 unspecified atom stereocenters. The summed E-state index contributed by atoms with van der Waals surface area (Å²) in [5.41, 5.74) is 46.0.